The summed E-state index contributed by atoms with van der Waals surface area (Å²) in [7, 11) is 1.82. The second-order valence-corrected chi connectivity index (χ2v) is 5.35. The fourth-order valence-electron chi connectivity index (χ4n) is 1.78. The Morgan fingerprint density at radius 2 is 2.00 bits per heavy atom. The lowest BCUT2D eigenvalue weighted by atomic mass is 10.1. The van der Waals surface area contributed by atoms with Gasteiger partial charge in [-0.15, -0.1) is 10.2 Å². The van der Waals surface area contributed by atoms with E-state index >= 15 is 0 Å². The van der Waals surface area contributed by atoms with Crippen molar-refractivity contribution in [2.24, 2.45) is 7.05 Å². The molecule has 1 aromatic heterocycles. The van der Waals surface area contributed by atoms with Crippen LogP contribution in [0.15, 0.2) is 29.4 Å². The maximum Gasteiger partial charge on any atom is 0.191 e. The summed E-state index contributed by atoms with van der Waals surface area (Å²) in [4.78, 5) is 0. The molecule has 1 aromatic carbocycles. The molecule has 2 rings (SSSR count). The Labute approximate surface area is 115 Å². The fourth-order valence-corrected chi connectivity index (χ4v) is 2.84. The lowest BCUT2D eigenvalue weighted by Gasteiger charge is -2.14. The quantitative estimate of drug-likeness (QED) is 0.856. The van der Waals surface area contributed by atoms with E-state index in [1.165, 1.54) is 12.1 Å². The number of nitrogens with zero attached hydrogens (tertiary/aromatic N) is 3. The van der Waals surface area contributed by atoms with Crippen molar-refractivity contribution in [3.8, 4) is 0 Å². The first-order valence-corrected chi connectivity index (χ1v) is 6.95. The maximum atomic E-state index is 12.9. The number of rotatable bonds is 5. The van der Waals surface area contributed by atoms with Gasteiger partial charge in [0.25, 0.3) is 0 Å². The van der Waals surface area contributed by atoms with Gasteiger partial charge in [0.1, 0.15) is 12.4 Å². The third-order valence-corrected chi connectivity index (χ3v) is 4.38. The van der Waals surface area contributed by atoms with E-state index in [2.05, 4.69) is 17.1 Å². The molecule has 19 heavy (non-hydrogen) atoms. The van der Waals surface area contributed by atoms with E-state index in [-0.39, 0.29) is 17.7 Å². The lowest BCUT2D eigenvalue weighted by molar-refractivity contribution is 0.266. The number of benzene rings is 1. The van der Waals surface area contributed by atoms with Gasteiger partial charge in [-0.25, -0.2) is 4.39 Å². The summed E-state index contributed by atoms with van der Waals surface area (Å²) >= 11 is 1.57. The number of aromatic nitrogens is 3. The van der Waals surface area contributed by atoms with Gasteiger partial charge in [-0.05, 0) is 24.1 Å². The van der Waals surface area contributed by atoms with E-state index in [1.54, 1.807) is 28.5 Å². The summed E-state index contributed by atoms with van der Waals surface area (Å²) in [6.07, 6.45) is 0.900. The second-order valence-electron chi connectivity index (χ2n) is 4.18. The third kappa shape index (κ3) is 3.13. The molecule has 0 bridgehead atoms. The van der Waals surface area contributed by atoms with E-state index in [0.29, 0.717) is 5.82 Å². The van der Waals surface area contributed by atoms with E-state index in [0.717, 1.165) is 17.1 Å². The van der Waals surface area contributed by atoms with Crippen LogP contribution in [0.25, 0.3) is 0 Å². The van der Waals surface area contributed by atoms with Crippen molar-refractivity contribution in [1.82, 2.24) is 14.8 Å². The average molecular weight is 281 g/mol. The zero-order chi connectivity index (χ0) is 13.8. The van der Waals surface area contributed by atoms with Gasteiger partial charge in [0.15, 0.2) is 11.0 Å². The van der Waals surface area contributed by atoms with Crippen LogP contribution in [0, 0.1) is 5.82 Å². The summed E-state index contributed by atoms with van der Waals surface area (Å²) in [6.45, 7) is 1.95. The molecule has 1 heterocycles. The highest BCUT2D eigenvalue weighted by Gasteiger charge is 2.16. The summed E-state index contributed by atoms with van der Waals surface area (Å²) in [5, 5.41) is 18.0. The van der Waals surface area contributed by atoms with Crippen molar-refractivity contribution in [3.63, 3.8) is 0 Å². The molecule has 0 radical (unpaired) electrons. The van der Waals surface area contributed by atoms with Crippen LogP contribution < -0.4 is 0 Å². The van der Waals surface area contributed by atoms with Gasteiger partial charge in [-0.1, -0.05) is 30.8 Å². The first-order chi connectivity index (χ1) is 9.15. The predicted molar refractivity (Wildman–Crippen MR) is 72.2 cm³/mol. The highest BCUT2D eigenvalue weighted by atomic mass is 32.2. The SMILES string of the molecule is CC[C@H](Sc1nnc(CO)n1C)c1ccc(F)cc1. The van der Waals surface area contributed by atoms with Crippen molar-refractivity contribution in [1.29, 1.82) is 0 Å². The second kappa shape index (κ2) is 6.16. The lowest BCUT2D eigenvalue weighted by Crippen LogP contribution is -2.00. The predicted octanol–water partition coefficient (Wildman–Crippen LogP) is 2.69. The van der Waals surface area contributed by atoms with E-state index in [9.17, 15) is 4.39 Å². The third-order valence-electron chi connectivity index (χ3n) is 2.93. The van der Waals surface area contributed by atoms with Crippen molar-refractivity contribution in [2.45, 2.75) is 30.4 Å². The molecule has 0 aliphatic carbocycles. The topological polar surface area (TPSA) is 50.9 Å². The molecule has 1 N–H and O–H groups in total. The average Bonchev–Trinajstić information content (AvgIpc) is 2.78. The highest BCUT2D eigenvalue weighted by Crippen LogP contribution is 2.36. The van der Waals surface area contributed by atoms with E-state index < -0.39 is 0 Å². The molecule has 1 atom stereocenters. The molecule has 0 spiro atoms. The van der Waals surface area contributed by atoms with Gasteiger partial charge in [0.2, 0.25) is 0 Å². The Hall–Kier alpha value is -1.40. The molecule has 6 heteroatoms. The molecule has 0 amide bonds. The highest BCUT2D eigenvalue weighted by molar-refractivity contribution is 7.99. The molecule has 0 aliphatic rings. The van der Waals surface area contributed by atoms with Crippen molar-refractivity contribution in [3.05, 3.63) is 41.5 Å². The molecular weight excluding hydrogens is 265 g/mol. The van der Waals surface area contributed by atoms with Crippen molar-refractivity contribution < 1.29 is 9.50 Å². The van der Waals surface area contributed by atoms with E-state index in [1.807, 2.05) is 7.05 Å². The van der Waals surface area contributed by atoms with Gasteiger partial charge in [-0.2, -0.15) is 0 Å². The van der Waals surface area contributed by atoms with Crippen molar-refractivity contribution in [2.75, 3.05) is 0 Å². The van der Waals surface area contributed by atoms with Crippen LogP contribution in [0.4, 0.5) is 4.39 Å². The largest absolute Gasteiger partial charge is 0.388 e. The molecule has 102 valence electrons. The number of thioether (sulfide) groups is 1. The standard InChI is InChI=1S/C13H16FN3OS/c1-3-11(9-4-6-10(14)7-5-9)19-13-16-15-12(8-18)17(13)2/h4-7,11,18H,3,8H2,1-2H3/t11-/m0/s1. The fraction of sp³-hybridized carbons (Fsp3) is 0.385. The van der Waals surface area contributed by atoms with Crippen LogP contribution in [0.1, 0.15) is 30.0 Å². The first-order valence-electron chi connectivity index (χ1n) is 6.07. The monoisotopic (exact) mass is 281 g/mol. The normalized spacial score (nSPS) is 12.6. The van der Waals surface area contributed by atoms with Gasteiger partial charge in [0.05, 0.1) is 0 Å². The zero-order valence-corrected chi connectivity index (χ0v) is 11.7. The van der Waals surface area contributed by atoms with Crippen LogP contribution in [0.3, 0.4) is 0 Å². The van der Waals surface area contributed by atoms with E-state index in [4.69, 9.17) is 5.11 Å². The van der Waals surface area contributed by atoms with Gasteiger partial charge >= 0.3 is 0 Å². The summed E-state index contributed by atoms with van der Waals surface area (Å²) in [5.41, 5.74) is 1.06. The summed E-state index contributed by atoms with van der Waals surface area (Å²) in [6, 6.07) is 6.52. The molecule has 0 aliphatic heterocycles. The minimum Gasteiger partial charge on any atom is -0.388 e. The van der Waals surface area contributed by atoms with Gasteiger partial charge in [0, 0.05) is 12.3 Å². The Morgan fingerprint density at radius 3 is 2.53 bits per heavy atom. The Kier molecular flexibility index (Phi) is 4.55. The van der Waals surface area contributed by atoms with Crippen molar-refractivity contribution >= 4 is 11.8 Å². The number of hydrogen-bond donors (Lipinski definition) is 1. The number of hydrogen-bond acceptors (Lipinski definition) is 4. The smallest absolute Gasteiger partial charge is 0.191 e. The summed E-state index contributed by atoms with van der Waals surface area (Å²) < 4.78 is 14.7. The van der Waals surface area contributed by atoms with Crippen LogP contribution >= 0.6 is 11.8 Å². The number of aliphatic hydroxyl groups excluding tert-OH is 1. The van der Waals surface area contributed by atoms with Crippen LogP contribution in [0.5, 0.6) is 0 Å². The molecule has 2 aromatic rings. The molecule has 4 nitrogen and oxygen atoms in total. The Bertz CT molecular complexity index is 541. The minimum absolute atomic E-state index is 0.128. The minimum atomic E-state index is -0.232. The molecule has 0 saturated heterocycles. The Morgan fingerprint density at radius 1 is 1.32 bits per heavy atom. The first kappa shape index (κ1) is 14.0. The van der Waals surface area contributed by atoms with Gasteiger partial charge in [-0.3, -0.25) is 0 Å². The van der Waals surface area contributed by atoms with Gasteiger partial charge < -0.3 is 9.67 Å². The molecule has 0 unspecified atom stereocenters. The molecule has 0 fully saturated rings. The van der Waals surface area contributed by atoms with Crippen LogP contribution in [-0.2, 0) is 13.7 Å². The van der Waals surface area contributed by atoms with Crippen LogP contribution in [0.2, 0.25) is 0 Å². The number of halogens is 1. The maximum absolute atomic E-state index is 12.9. The Balaban J connectivity index is 2.19. The number of aliphatic hydroxyl groups is 1. The zero-order valence-electron chi connectivity index (χ0n) is 10.9. The summed E-state index contributed by atoms with van der Waals surface area (Å²) in [5.74, 6) is 0.307. The van der Waals surface area contributed by atoms with Crippen LogP contribution in [-0.4, -0.2) is 19.9 Å². The molecular formula is C13H16FN3OS. The molecule has 0 saturated carbocycles.